The average Bonchev–Trinajstić information content (AvgIpc) is 3.78. The fourth-order valence-corrected chi connectivity index (χ4v) is 10.7. The highest BCUT2D eigenvalue weighted by Gasteiger charge is 2.68. The molecule has 2 aliphatic carbocycles. The van der Waals surface area contributed by atoms with Crippen LogP contribution < -0.4 is 9.80 Å². The molecule has 0 unspecified atom stereocenters. The molecular weight excluding hydrogens is 684 g/mol. The molecule has 4 aliphatic rings. The lowest BCUT2D eigenvalue weighted by Crippen LogP contribution is -2.48. The fraction of sp³-hybridized carbons (Fsp3) is 0.275. The van der Waals surface area contributed by atoms with Crippen molar-refractivity contribution in [1.82, 2.24) is 9.78 Å². The van der Waals surface area contributed by atoms with Gasteiger partial charge in [0.25, 0.3) is 0 Å². The molecule has 9 rings (SSSR count). The lowest BCUT2D eigenvalue weighted by Gasteiger charge is -2.49. The molecule has 51 heavy (non-hydrogen) atoms. The fourth-order valence-electron chi connectivity index (χ4n) is 9.36. The summed E-state index contributed by atoms with van der Waals surface area (Å²) in [7, 11) is 1.73. The number of aryl methyl sites for hydroxylation is 2. The third-order valence-corrected chi connectivity index (χ3v) is 13.2. The molecule has 5 aromatic rings. The standard InChI is InChI=1S/C40H33ClN4O5S/c1-20-27-17-22(41)12-15-31(27)51-35(20)30-19-32(43(3)42-30)45-37(48)29-18-28-25(34(40(29,2)39(45)50)21-8-7-11-24(46)16-21)13-14-26-33(28)38(49)44(36(26)47)23-9-5-4-6-10-23/h4-13,15-17,19,26,28-29,33-34,46H,14,18H2,1-3H3/t26-,28+,29-,33-,34-,40+/m0/s1. The van der Waals surface area contributed by atoms with Gasteiger partial charge in [0.1, 0.15) is 17.3 Å². The topological polar surface area (TPSA) is 113 Å². The van der Waals surface area contributed by atoms with E-state index in [1.54, 1.807) is 71.6 Å². The van der Waals surface area contributed by atoms with E-state index in [0.717, 1.165) is 26.1 Å². The van der Waals surface area contributed by atoms with Gasteiger partial charge in [-0.1, -0.05) is 53.6 Å². The number of nitrogens with zero attached hydrogens (tertiary/aromatic N) is 4. The number of fused-ring (bicyclic) bond motifs is 5. The quantitative estimate of drug-likeness (QED) is 0.153. The van der Waals surface area contributed by atoms with Gasteiger partial charge in [0.15, 0.2) is 0 Å². The second-order valence-corrected chi connectivity index (χ2v) is 15.8. The molecule has 6 atom stereocenters. The molecule has 4 amide bonds. The lowest BCUT2D eigenvalue weighted by atomic mass is 9.51. The SMILES string of the molecule is Cc1c(-c2cc(N3C(=O)[C@@H]4C[C@@H]5C(=CC[C@@H]6C(=O)N(c7ccccc7)C(=O)[C@@H]65)[C@H](c5cccc(O)c5)[C@]4(C)C3=O)n(C)n2)sc2ccc(Cl)cc12. The maximum atomic E-state index is 15.0. The van der Waals surface area contributed by atoms with Gasteiger partial charge >= 0.3 is 0 Å². The van der Waals surface area contributed by atoms with E-state index < -0.39 is 35.0 Å². The van der Waals surface area contributed by atoms with Crippen LogP contribution in [0.1, 0.15) is 36.8 Å². The Morgan fingerprint density at radius 3 is 2.45 bits per heavy atom. The Hall–Kier alpha value is -5.06. The van der Waals surface area contributed by atoms with Crippen LogP contribution in [0.15, 0.2) is 90.5 Å². The molecule has 2 aromatic heterocycles. The third-order valence-electron chi connectivity index (χ3n) is 11.7. The predicted molar refractivity (Wildman–Crippen MR) is 195 cm³/mol. The van der Waals surface area contributed by atoms with Crippen molar-refractivity contribution in [2.24, 2.45) is 36.1 Å². The first-order valence-corrected chi connectivity index (χ1v) is 18.2. The summed E-state index contributed by atoms with van der Waals surface area (Å²) in [5, 5.41) is 17.1. The molecule has 1 saturated carbocycles. The summed E-state index contributed by atoms with van der Waals surface area (Å²) in [4.78, 5) is 61.3. The minimum atomic E-state index is -1.24. The Bertz CT molecular complexity index is 2380. The molecule has 3 aromatic carbocycles. The highest BCUT2D eigenvalue weighted by atomic mass is 35.5. The van der Waals surface area contributed by atoms with E-state index in [9.17, 15) is 24.3 Å². The third kappa shape index (κ3) is 4.42. The molecule has 2 aliphatic heterocycles. The number of rotatable bonds is 4. The Labute approximate surface area is 302 Å². The molecular formula is C40H33ClN4O5S. The molecule has 4 heterocycles. The van der Waals surface area contributed by atoms with Crippen molar-refractivity contribution in [2.45, 2.75) is 32.6 Å². The van der Waals surface area contributed by atoms with Gasteiger partial charge in [-0.3, -0.25) is 28.8 Å². The van der Waals surface area contributed by atoms with E-state index in [1.165, 1.54) is 9.80 Å². The number of hydrogen-bond donors (Lipinski definition) is 1. The van der Waals surface area contributed by atoms with Crippen molar-refractivity contribution < 1.29 is 24.3 Å². The highest BCUT2D eigenvalue weighted by Crippen LogP contribution is 2.64. The molecule has 256 valence electrons. The van der Waals surface area contributed by atoms with Gasteiger partial charge in [0.05, 0.1) is 33.7 Å². The number of amides is 4. The number of imide groups is 2. The maximum Gasteiger partial charge on any atom is 0.242 e. The molecule has 0 radical (unpaired) electrons. The largest absolute Gasteiger partial charge is 0.508 e. The summed E-state index contributed by atoms with van der Waals surface area (Å²) in [6, 6.07) is 23.3. The van der Waals surface area contributed by atoms with Crippen molar-refractivity contribution in [2.75, 3.05) is 9.80 Å². The van der Waals surface area contributed by atoms with Crippen LogP contribution in [0.3, 0.4) is 0 Å². The molecule has 0 bridgehead atoms. The van der Waals surface area contributed by atoms with Gasteiger partial charge in [0, 0.05) is 28.8 Å². The van der Waals surface area contributed by atoms with Crippen LogP contribution in [-0.4, -0.2) is 38.5 Å². The molecule has 9 nitrogen and oxygen atoms in total. The van der Waals surface area contributed by atoms with Crippen LogP contribution in [-0.2, 0) is 26.2 Å². The van der Waals surface area contributed by atoms with Crippen LogP contribution in [0.25, 0.3) is 20.7 Å². The van der Waals surface area contributed by atoms with Gasteiger partial charge in [-0.15, -0.1) is 11.3 Å². The van der Waals surface area contributed by atoms with E-state index in [1.807, 2.05) is 50.3 Å². The number of anilines is 2. The first-order chi connectivity index (χ1) is 24.5. The number of hydrogen-bond acceptors (Lipinski definition) is 7. The van der Waals surface area contributed by atoms with Crippen LogP contribution in [0.2, 0.25) is 5.02 Å². The van der Waals surface area contributed by atoms with E-state index in [0.29, 0.717) is 34.2 Å². The number of para-hydroxylation sites is 1. The number of thiophene rings is 1. The summed E-state index contributed by atoms with van der Waals surface area (Å²) in [6.45, 7) is 3.85. The number of carbonyl (C=O) groups is 4. The van der Waals surface area contributed by atoms with Crippen LogP contribution in [0.5, 0.6) is 5.75 Å². The second kappa shape index (κ2) is 11.2. The minimum Gasteiger partial charge on any atom is -0.508 e. The van der Waals surface area contributed by atoms with Gasteiger partial charge in [0.2, 0.25) is 23.6 Å². The number of phenols is 1. The van der Waals surface area contributed by atoms with Crippen molar-refractivity contribution in [1.29, 1.82) is 0 Å². The van der Waals surface area contributed by atoms with Crippen molar-refractivity contribution in [3.05, 3.63) is 107 Å². The Balaban J connectivity index is 1.15. The predicted octanol–water partition coefficient (Wildman–Crippen LogP) is 7.40. The van der Waals surface area contributed by atoms with E-state index >= 15 is 0 Å². The average molecular weight is 717 g/mol. The van der Waals surface area contributed by atoms with Gasteiger partial charge in [-0.05, 0) is 91.6 Å². The van der Waals surface area contributed by atoms with Crippen molar-refractivity contribution in [3.8, 4) is 16.3 Å². The maximum absolute atomic E-state index is 15.0. The number of benzene rings is 3. The number of aromatic nitrogens is 2. The number of allylic oxidation sites excluding steroid dienone is 2. The Kier molecular flexibility index (Phi) is 7.02. The van der Waals surface area contributed by atoms with Crippen LogP contribution >= 0.6 is 22.9 Å². The Morgan fingerprint density at radius 2 is 1.69 bits per heavy atom. The van der Waals surface area contributed by atoms with Crippen LogP contribution in [0, 0.1) is 36.0 Å². The molecule has 11 heteroatoms. The number of aromatic hydroxyl groups is 1. The van der Waals surface area contributed by atoms with Crippen molar-refractivity contribution >= 4 is 68.2 Å². The van der Waals surface area contributed by atoms with Gasteiger partial charge < -0.3 is 5.11 Å². The summed E-state index contributed by atoms with van der Waals surface area (Å²) in [6.07, 6.45) is 2.60. The summed E-state index contributed by atoms with van der Waals surface area (Å²) < 4.78 is 2.63. The van der Waals surface area contributed by atoms with Crippen molar-refractivity contribution in [3.63, 3.8) is 0 Å². The minimum absolute atomic E-state index is 0.0383. The van der Waals surface area contributed by atoms with E-state index in [4.69, 9.17) is 16.7 Å². The monoisotopic (exact) mass is 716 g/mol. The zero-order valence-electron chi connectivity index (χ0n) is 28.0. The smallest absolute Gasteiger partial charge is 0.242 e. The highest BCUT2D eigenvalue weighted by molar-refractivity contribution is 7.22. The van der Waals surface area contributed by atoms with Gasteiger partial charge in [-0.25, -0.2) is 4.90 Å². The van der Waals surface area contributed by atoms with Gasteiger partial charge in [-0.2, -0.15) is 5.10 Å². The second-order valence-electron chi connectivity index (χ2n) is 14.3. The number of carbonyl (C=O) groups excluding carboxylic acids is 4. The summed E-state index contributed by atoms with van der Waals surface area (Å²) >= 11 is 7.88. The molecule has 2 saturated heterocycles. The first kappa shape index (κ1) is 31.9. The zero-order valence-corrected chi connectivity index (χ0v) is 29.6. The lowest BCUT2D eigenvalue weighted by molar-refractivity contribution is -0.131. The number of halogens is 1. The molecule has 0 spiro atoms. The normalized spacial score (nSPS) is 27.2. The first-order valence-electron chi connectivity index (χ1n) is 17.0. The molecule has 3 fully saturated rings. The summed E-state index contributed by atoms with van der Waals surface area (Å²) in [5.41, 5.74) is 2.49. The summed E-state index contributed by atoms with van der Waals surface area (Å²) in [5.74, 6) is -3.96. The van der Waals surface area contributed by atoms with Crippen LogP contribution in [0.4, 0.5) is 11.5 Å². The van der Waals surface area contributed by atoms with E-state index in [2.05, 4.69) is 0 Å². The number of phenolic OH excluding ortho intramolecular Hbond substituents is 1. The van der Waals surface area contributed by atoms with E-state index in [-0.39, 0.29) is 35.8 Å². The molecule has 1 N–H and O–H groups in total. The zero-order chi connectivity index (χ0) is 35.5. The Morgan fingerprint density at radius 1 is 0.902 bits per heavy atom.